The van der Waals surface area contributed by atoms with Crippen molar-refractivity contribution in [2.75, 3.05) is 4.81 Å². The molecule has 0 atom stereocenters. The van der Waals surface area contributed by atoms with E-state index in [0.29, 0.717) is 0 Å². The van der Waals surface area contributed by atoms with Crippen LogP contribution in [0.3, 0.4) is 0 Å². The molecular formula is C36H22BN. The highest BCUT2D eigenvalue weighted by atomic mass is 15.1. The van der Waals surface area contributed by atoms with Crippen molar-refractivity contribution in [2.24, 2.45) is 0 Å². The second-order valence-electron chi connectivity index (χ2n) is 10.5. The molecule has 2 aliphatic heterocycles. The Morgan fingerprint density at radius 1 is 0.395 bits per heavy atom. The first-order valence-corrected chi connectivity index (χ1v) is 13.3. The Hall–Kier alpha value is -4.82. The van der Waals surface area contributed by atoms with Crippen molar-refractivity contribution in [3.63, 3.8) is 0 Å². The Bertz CT molecular complexity index is 2110. The minimum atomic E-state index is 0.105. The SMILES string of the molecule is c1ccc2c(c1)B1c3cc4ccccc4cc3-c3c(ccc4ccccc34)N1c1cc3ccccc3cc1-2. The second kappa shape index (κ2) is 7.37. The number of anilines is 2. The van der Waals surface area contributed by atoms with E-state index in [1.807, 2.05) is 0 Å². The lowest BCUT2D eigenvalue weighted by Crippen LogP contribution is -2.59. The first kappa shape index (κ1) is 20.3. The van der Waals surface area contributed by atoms with Gasteiger partial charge in [0.1, 0.15) is 0 Å². The maximum atomic E-state index is 2.61. The van der Waals surface area contributed by atoms with Crippen molar-refractivity contribution in [2.45, 2.75) is 0 Å². The normalized spacial score (nSPS) is 13.2. The summed E-state index contributed by atoms with van der Waals surface area (Å²) in [4.78, 5) is 2.61. The summed E-state index contributed by atoms with van der Waals surface area (Å²) in [6.45, 7) is 0.105. The van der Waals surface area contributed by atoms with E-state index in [4.69, 9.17) is 0 Å². The van der Waals surface area contributed by atoms with Crippen LogP contribution in [0.2, 0.25) is 0 Å². The highest BCUT2D eigenvalue weighted by molar-refractivity contribution is 6.92. The van der Waals surface area contributed by atoms with E-state index in [9.17, 15) is 0 Å². The zero-order valence-corrected chi connectivity index (χ0v) is 20.7. The average Bonchev–Trinajstić information content (AvgIpc) is 2.98. The van der Waals surface area contributed by atoms with E-state index in [0.717, 1.165) is 0 Å². The van der Waals surface area contributed by atoms with Crippen LogP contribution in [0.4, 0.5) is 11.4 Å². The molecule has 0 radical (unpaired) electrons. The van der Waals surface area contributed by atoms with Gasteiger partial charge in [-0.2, -0.15) is 0 Å². The fraction of sp³-hybridized carbons (Fsp3) is 0. The van der Waals surface area contributed by atoms with Crippen molar-refractivity contribution < 1.29 is 0 Å². The third-order valence-corrected chi connectivity index (χ3v) is 8.58. The molecule has 38 heavy (non-hydrogen) atoms. The van der Waals surface area contributed by atoms with Gasteiger partial charge in [-0.05, 0) is 78.6 Å². The first-order valence-electron chi connectivity index (χ1n) is 13.3. The number of hydrogen-bond acceptors (Lipinski definition) is 1. The molecule has 0 saturated carbocycles. The average molecular weight is 479 g/mol. The zero-order chi connectivity index (χ0) is 24.8. The van der Waals surface area contributed by atoms with Gasteiger partial charge in [-0.15, -0.1) is 0 Å². The van der Waals surface area contributed by atoms with Gasteiger partial charge < -0.3 is 4.81 Å². The summed E-state index contributed by atoms with van der Waals surface area (Å²) in [5.41, 5.74) is 10.6. The molecular weight excluding hydrogens is 457 g/mol. The van der Waals surface area contributed by atoms with Gasteiger partial charge >= 0.3 is 6.85 Å². The van der Waals surface area contributed by atoms with Gasteiger partial charge in [-0.3, -0.25) is 0 Å². The number of fused-ring (bicyclic) bond motifs is 15. The van der Waals surface area contributed by atoms with E-state index < -0.39 is 0 Å². The lowest BCUT2D eigenvalue weighted by molar-refractivity contribution is 1.37. The predicted molar refractivity (Wildman–Crippen MR) is 163 cm³/mol. The maximum absolute atomic E-state index is 2.61. The molecule has 7 aromatic rings. The summed E-state index contributed by atoms with van der Waals surface area (Å²) < 4.78 is 0. The summed E-state index contributed by atoms with van der Waals surface area (Å²) in [5, 5.41) is 7.71. The van der Waals surface area contributed by atoms with Gasteiger partial charge in [0.05, 0.1) is 0 Å². The lowest BCUT2D eigenvalue weighted by Gasteiger charge is -2.44. The number of benzene rings is 7. The van der Waals surface area contributed by atoms with Gasteiger partial charge in [-0.25, -0.2) is 0 Å². The second-order valence-corrected chi connectivity index (χ2v) is 10.5. The molecule has 1 nitrogen and oxygen atoms in total. The molecule has 0 unspecified atom stereocenters. The highest BCUT2D eigenvalue weighted by Gasteiger charge is 2.42. The molecule has 7 aromatic carbocycles. The van der Waals surface area contributed by atoms with Crippen molar-refractivity contribution >= 4 is 61.5 Å². The molecule has 0 bridgehead atoms. The number of rotatable bonds is 0. The Labute approximate surface area is 221 Å². The molecule has 0 spiro atoms. The molecule has 0 aromatic heterocycles. The third kappa shape index (κ3) is 2.62. The summed E-state index contributed by atoms with van der Waals surface area (Å²) in [6, 6.07) is 49.6. The minimum absolute atomic E-state index is 0.105. The molecule has 0 amide bonds. The molecule has 0 aliphatic carbocycles. The highest BCUT2D eigenvalue weighted by Crippen LogP contribution is 2.49. The number of nitrogens with zero attached hydrogens (tertiary/aromatic N) is 1. The zero-order valence-electron chi connectivity index (χ0n) is 20.7. The van der Waals surface area contributed by atoms with E-state index in [1.54, 1.807) is 0 Å². The molecule has 2 aliphatic rings. The molecule has 0 saturated heterocycles. The Kier molecular flexibility index (Phi) is 3.93. The number of hydrogen-bond donors (Lipinski definition) is 0. The Balaban J connectivity index is 1.48. The first-order chi connectivity index (χ1) is 18.8. The summed E-state index contributed by atoms with van der Waals surface area (Å²) in [5.74, 6) is 0. The molecule has 174 valence electrons. The van der Waals surface area contributed by atoms with Crippen LogP contribution in [-0.4, -0.2) is 6.85 Å². The van der Waals surface area contributed by atoms with E-state index in [-0.39, 0.29) is 6.85 Å². The van der Waals surface area contributed by atoms with Crippen LogP contribution in [0.15, 0.2) is 133 Å². The molecule has 0 N–H and O–H groups in total. The van der Waals surface area contributed by atoms with Crippen LogP contribution in [0.1, 0.15) is 0 Å². The third-order valence-electron chi connectivity index (χ3n) is 8.58. The fourth-order valence-corrected chi connectivity index (χ4v) is 6.92. The van der Waals surface area contributed by atoms with E-state index >= 15 is 0 Å². The predicted octanol–water partition coefficient (Wildman–Crippen LogP) is 8.05. The minimum Gasteiger partial charge on any atom is -0.376 e. The summed E-state index contributed by atoms with van der Waals surface area (Å²) in [6.07, 6.45) is 0. The molecule has 0 fully saturated rings. The standard InChI is InChI=1S/C36H22BN/c1-3-12-26-21-33-31(20-25(26)11-1)36-28-14-6-5-9-23(28)17-18-34(36)38-35-22-27-13-4-2-10-24(27)19-30(35)29-15-7-8-16-32(29)37(33)38/h1-22H. The molecule has 2 heterocycles. The van der Waals surface area contributed by atoms with Crippen LogP contribution in [0.25, 0.3) is 54.6 Å². The van der Waals surface area contributed by atoms with Gasteiger partial charge in [0.25, 0.3) is 0 Å². The largest absolute Gasteiger partial charge is 0.376 e. The van der Waals surface area contributed by atoms with Crippen molar-refractivity contribution in [1.82, 2.24) is 0 Å². The Morgan fingerprint density at radius 2 is 1.00 bits per heavy atom. The van der Waals surface area contributed by atoms with Crippen molar-refractivity contribution in [3.05, 3.63) is 133 Å². The molecule has 9 rings (SSSR count). The topological polar surface area (TPSA) is 3.24 Å². The smallest absolute Gasteiger partial charge is 0.329 e. The summed E-state index contributed by atoms with van der Waals surface area (Å²) in [7, 11) is 0. The Morgan fingerprint density at radius 3 is 1.79 bits per heavy atom. The van der Waals surface area contributed by atoms with E-state index in [2.05, 4.69) is 138 Å². The van der Waals surface area contributed by atoms with Crippen LogP contribution in [0, 0.1) is 0 Å². The van der Waals surface area contributed by atoms with Gasteiger partial charge in [0.15, 0.2) is 0 Å². The quantitative estimate of drug-likeness (QED) is 0.199. The van der Waals surface area contributed by atoms with Gasteiger partial charge in [0, 0.05) is 22.5 Å². The molecule has 2 heteroatoms. The summed E-state index contributed by atoms with van der Waals surface area (Å²) >= 11 is 0. The van der Waals surface area contributed by atoms with Crippen LogP contribution in [0.5, 0.6) is 0 Å². The lowest BCUT2D eigenvalue weighted by atomic mass is 9.43. The van der Waals surface area contributed by atoms with Gasteiger partial charge in [-0.1, -0.05) is 109 Å². The fourth-order valence-electron chi connectivity index (χ4n) is 6.92. The maximum Gasteiger partial charge on any atom is 0.329 e. The monoisotopic (exact) mass is 479 g/mol. The van der Waals surface area contributed by atoms with Crippen LogP contribution < -0.4 is 15.7 Å². The van der Waals surface area contributed by atoms with E-state index in [1.165, 1.54) is 76.9 Å². The van der Waals surface area contributed by atoms with Crippen molar-refractivity contribution in [3.8, 4) is 22.3 Å². The van der Waals surface area contributed by atoms with Gasteiger partial charge in [0.2, 0.25) is 0 Å². The van der Waals surface area contributed by atoms with Crippen molar-refractivity contribution in [1.29, 1.82) is 0 Å². The van der Waals surface area contributed by atoms with Crippen LogP contribution in [-0.2, 0) is 0 Å². The van der Waals surface area contributed by atoms with Crippen LogP contribution >= 0.6 is 0 Å².